The normalized spacial score (nSPS) is 17.9. The molecule has 4 N–H and O–H groups in total. The summed E-state index contributed by atoms with van der Waals surface area (Å²) in [7, 11) is 0. The summed E-state index contributed by atoms with van der Waals surface area (Å²) in [6.45, 7) is 1.26. The van der Waals surface area contributed by atoms with Crippen molar-refractivity contribution < 1.29 is 14.3 Å². The average Bonchev–Trinajstić information content (AvgIpc) is 2.83. The van der Waals surface area contributed by atoms with Gasteiger partial charge in [-0.05, 0) is 12.1 Å². The predicted octanol–water partition coefficient (Wildman–Crippen LogP) is 0.0987. The minimum absolute atomic E-state index is 0.0832. The molecule has 1 aromatic rings. The third kappa shape index (κ3) is 3.69. The van der Waals surface area contributed by atoms with Crippen molar-refractivity contribution in [1.82, 2.24) is 5.32 Å². The molecule has 1 fully saturated rings. The van der Waals surface area contributed by atoms with Crippen LogP contribution < -0.4 is 21.1 Å². The Morgan fingerprint density at radius 2 is 2.37 bits per heavy atom. The molecule has 1 saturated heterocycles. The number of amides is 2. The van der Waals surface area contributed by atoms with Gasteiger partial charge in [0.2, 0.25) is 11.8 Å². The molecule has 2 amide bonds. The molecule has 2 rings (SSSR count). The maximum absolute atomic E-state index is 11.9. The van der Waals surface area contributed by atoms with Crippen LogP contribution in [-0.2, 0) is 9.59 Å². The summed E-state index contributed by atoms with van der Waals surface area (Å²) in [6, 6.07) is 7.10. The molecule has 0 aromatic heterocycles. The first-order valence-electron chi connectivity index (χ1n) is 6.19. The van der Waals surface area contributed by atoms with Crippen molar-refractivity contribution >= 4 is 17.5 Å². The lowest BCUT2D eigenvalue weighted by Gasteiger charge is -2.11. The van der Waals surface area contributed by atoms with Gasteiger partial charge in [0.15, 0.2) is 0 Å². The second-order valence-corrected chi connectivity index (χ2v) is 4.36. The van der Waals surface area contributed by atoms with Crippen molar-refractivity contribution in [1.29, 1.82) is 0 Å². The van der Waals surface area contributed by atoms with Crippen molar-refractivity contribution in [2.75, 3.05) is 25.0 Å². The van der Waals surface area contributed by atoms with Gasteiger partial charge in [-0.2, -0.15) is 0 Å². The molecular weight excluding hydrogens is 246 g/mol. The van der Waals surface area contributed by atoms with Gasteiger partial charge in [-0.3, -0.25) is 9.59 Å². The van der Waals surface area contributed by atoms with E-state index in [2.05, 4.69) is 10.6 Å². The van der Waals surface area contributed by atoms with Crippen LogP contribution in [0.4, 0.5) is 5.69 Å². The van der Waals surface area contributed by atoms with Gasteiger partial charge in [0.05, 0.1) is 5.92 Å². The molecule has 1 aliphatic rings. The maximum atomic E-state index is 11.9. The fraction of sp³-hybridized carbons (Fsp3) is 0.385. The summed E-state index contributed by atoms with van der Waals surface area (Å²) >= 11 is 0. The van der Waals surface area contributed by atoms with Crippen molar-refractivity contribution in [2.45, 2.75) is 6.42 Å². The van der Waals surface area contributed by atoms with Crippen LogP contribution in [0.5, 0.6) is 5.75 Å². The Morgan fingerprint density at radius 1 is 1.53 bits per heavy atom. The van der Waals surface area contributed by atoms with Crippen LogP contribution in [0.2, 0.25) is 0 Å². The largest absolute Gasteiger partial charge is 0.492 e. The highest BCUT2D eigenvalue weighted by molar-refractivity contribution is 5.97. The van der Waals surface area contributed by atoms with Crippen LogP contribution in [-0.4, -0.2) is 31.5 Å². The lowest BCUT2D eigenvalue weighted by molar-refractivity contribution is -0.123. The number of benzene rings is 1. The summed E-state index contributed by atoms with van der Waals surface area (Å²) in [4.78, 5) is 23.0. The highest BCUT2D eigenvalue weighted by atomic mass is 16.5. The molecule has 6 heteroatoms. The molecule has 19 heavy (non-hydrogen) atoms. The maximum Gasteiger partial charge on any atom is 0.229 e. The first-order chi connectivity index (χ1) is 9.19. The molecule has 0 radical (unpaired) electrons. The summed E-state index contributed by atoms with van der Waals surface area (Å²) in [6.07, 6.45) is 0.245. The molecule has 1 aromatic carbocycles. The molecule has 0 saturated carbocycles. The van der Waals surface area contributed by atoms with Gasteiger partial charge in [0, 0.05) is 31.3 Å². The van der Waals surface area contributed by atoms with Gasteiger partial charge in [-0.15, -0.1) is 0 Å². The van der Waals surface area contributed by atoms with E-state index in [1.807, 2.05) is 0 Å². The second kappa shape index (κ2) is 6.19. The number of hydrogen-bond acceptors (Lipinski definition) is 4. The average molecular weight is 263 g/mol. The monoisotopic (exact) mass is 263 g/mol. The van der Waals surface area contributed by atoms with E-state index in [1.54, 1.807) is 24.3 Å². The highest BCUT2D eigenvalue weighted by Gasteiger charge is 2.27. The van der Waals surface area contributed by atoms with Crippen molar-refractivity contribution in [3.63, 3.8) is 0 Å². The summed E-state index contributed by atoms with van der Waals surface area (Å²) in [5.74, 6) is 0.111. The molecule has 0 bridgehead atoms. The predicted molar refractivity (Wildman–Crippen MR) is 70.7 cm³/mol. The zero-order valence-corrected chi connectivity index (χ0v) is 10.5. The van der Waals surface area contributed by atoms with E-state index in [0.717, 1.165) is 0 Å². The first kappa shape index (κ1) is 13.4. The van der Waals surface area contributed by atoms with Crippen LogP contribution in [0.3, 0.4) is 0 Å². The Kier molecular flexibility index (Phi) is 4.35. The molecule has 0 aliphatic carbocycles. The van der Waals surface area contributed by atoms with Gasteiger partial charge in [0.25, 0.3) is 0 Å². The number of ether oxygens (including phenoxy) is 1. The molecule has 6 nitrogen and oxygen atoms in total. The van der Waals surface area contributed by atoms with Gasteiger partial charge in [0.1, 0.15) is 12.4 Å². The summed E-state index contributed by atoms with van der Waals surface area (Å²) in [5.41, 5.74) is 6.01. The number of anilines is 1. The van der Waals surface area contributed by atoms with Crippen LogP contribution in [0.1, 0.15) is 6.42 Å². The van der Waals surface area contributed by atoms with Crippen LogP contribution in [0.25, 0.3) is 0 Å². The molecule has 1 heterocycles. The number of rotatable bonds is 5. The Bertz CT molecular complexity index is 476. The van der Waals surface area contributed by atoms with E-state index in [9.17, 15) is 9.59 Å². The Morgan fingerprint density at radius 3 is 3.05 bits per heavy atom. The molecular formula is C13H17N3O3. The van der Waals surface area contributed by atoms with E-state index in [0.29, 0.717) is 31.1 Å². The summed E-state index contributed by atoms with van der Waals surface area (Å²) < 4.78 is 5.38. The van der Waals surface area contributed by atoms with E-state index >= 15 is 0 Å². The molecule has 1 aliphatic heterocycles. The topological polar surface area (TPSA) is 93.4 Å². The van der Waals surface area contributed by atoms with Crippen molar-refractivity contribution in [3.8, 4) is 5.75 Å². The molecule has 1 unspecified atom stereocenters. The fourth-order valence-corrected chi connectivity index (χ4v) is 1.88. The second-order valence-electron chi connectivity index (χ2n) is 4.36. The fourth-order valence-electron chi connectivity index (χ4n) is 1.88. The van der Waals surface area contributed by atoms with Gasteiger partial charge in [-0.1, -0.05) is 6.07 Å². The lowest BCUT2D eigenvalue weighted by atomic mass is 10.1. The molecule has 102 valence electrons. The van der Waals surface area contributed by atoms with E-state index in [4.69, 9.17) is 10.5 Å². The SMILES string of the molecule is NCCOc1cccc(NC(=O)C2CNC(=O)C2)c1. The zero-order valence-electron chi connectivity index (χ0n) is 10.5. The Hall–Kier alpha value is -2.08. The minimum Gasteiger partial charge on any atom is -0.492 e. The quantitative estimate of drug-likeness (QED) is 0.702. The number of hydrogen-bond donors (Lipinski definition) is 3. The molecule has 1 atom stereocenters. The zero-order chi connectivity index (χ0) is 13.7. The molecule has 0 spiro atoms. The third-order valence-corrected chi connectivity index (χ3v) is 2.84. The Labute approximate surface area is 111 Å². The van der Waals surface area contributed by atoms with Crippen LogP contribution >= 0.6 is 0 Å². The van der Waals surface area contributed by atoms with Gasteiger partial charge in [-0.25, -0.2) is 0 Å². The van der Waals surface area contributed by atoms with Crippen LogP contribution in [0, 0.1) is 5.92 Å². The van der Waals surface area contributed by atoms with E-state index < -0.39 is 0 Å². The van der Waals surface area contributed by atoms with E-state index in [-0.39, 0.29) is 24.2 Å². The standard InChI is InChI=1S/C13H17N3O3/c14-4-5-19-11-3-1-2-10(7-11)16-13(18)9-6-12(17)15-8-9/h1-3,7,9H,4-6,8,14H2,(H,15,17)(H,16,18). The van der Waals surface area contributed by atoms with Crippen molar-refractivity contribution in [3.05, 3.63) is 24.3 Å². The van der Waals surface area contributed by atoms with Crippen LogP contribution in [0.15, 0.2) is 24.3 Å². The minimum atomic E-state index is -0.305. The van der Waals surface area contributed by atoms with Gasteiger partial charge >= 0.3 is 0 Å². The van der Waals surface area contributed by atoms with Gasteiger partial charge < -0.3 is 21.1 Å². The smallest absolute Gasteiger partial charge is 0.229 e. The lowest BCUT2D eigenvalue weighted by Crippen LogP contribution is -2.24. The van der Waals surface area contributed by atoms with E-state index in [1.165, 1.54) is 0 Å². The number of nitrogens with two attached hydrogens (primary N) is 1. The highest BCUT2D eigenvalue weighted by Crippen LogP contribution is 2.19. The number of nitrogens with one attached hydrogen (secondary N) is 2. The van der Waals surface area contributed by atoms with Crippen molar-refractivity contribution in [2.24, 2.45) is 11.7 Å². The number of carbonyl (C=O) groups excluding carboxylic acids is 2. The third-order valence-electron chi connectivity index (χ3n) is 2.84. The summed E-state index contributed by atoms with van der Waals surface area (Å²) in [5, 5.41) is 5.42. The number of carbonyl (C=O) groups is 2. The Balaban J connectivity index is 1.94. The first-order valence-corrected chi connectivity index (χ1v) is 6.19.